The number of hydrogen-bond acceptors (Lipinski definition) is 5. The molecule has 0 unspecified atom stereocenters. The molecule has 0 bridgehead atoms. The number of sulfone groups is 1. The predicted molar refractivity (Wildman–Crippen MR) is 115 cm³/mol. The highest BCUT2D eigenvalue weighted by molar-refractivity contribution is 7.91. The lowest BCUT2D eigenvalue weighted by Gasteiger charge is -2.07. The average Bonchev–Trinajstić information content (AvgIpc) is 3.04. The number of methoxy groups -OCH3 is 1. The first kappa shape index (κ1) is 21.3. The van der Waals surface area contributed by atoms with E-state index in [9.17, 15) is 13.2 Å². The van der Waals surface area contributed by atoms with E-state index in [1.165, 1.54) is 11.3 Å². The van der Waals surface area contributed by atoms with Crippen LogP contribution in [0.1, 0.15) is 25.3 Å². The molecule has 0 atom stereocenters. The lowest BCUT2D eigenvalue weighted by molar-refractivity contribution is -0.117. The number of fused-ring (bicyclic) bond motifs is 1. The number of nitrogens with zero attached hydrogens (tertiary/aromatic N) is 2. The van der Waals surface area contributed by atoms with Crippen LogP contribution in [-0.2, 0) is 21.2 Å². The van der Waals surface area contributed by atoms with Gasteiger partial charge in [-0.15, -0.1) is 0 Å². The van der Waals surface area contributed by atoms with E-state index in [4.69, 9.17) is 4.74 Å². The summed E-state index contributed by atoms with van der Waals surface area (Å²) >= 11 is 1.40. The summed E-state index contributed by atoms with van der Waals surface area (Å²) in [7, 11) is -1.91. The molecule has 3 rings (SSSR count). The zero-order valence-corrected chi connectivity index (χ0v) is 18.3. The number of hydrogen-bond donors (Lipinski definition) is 0. The van der Waals surface area contributed by atoms with Gasteiger partial charge >= 0.3 is 0 Å². The molecule has 0 aliphatic carbocycles. The van der Waals surface area contributed by atoms with Crippen molar-refractivity contribution in [3.05, 3.63) is 52.8 Å². The topological polar surface area (TPSA) is 77.7 Å². The van der Waals surface area contributed by atoms with Crippen LogP contribution in [0.5, 0.6) is 5.75 Å². The lowest BCUT2D eigenvalue weighted by atomic mass is 10.2. The first-order valence-electron chi connectivity index (χ1n) is 9.39. The first-order valence-corrected chi connectivity index (χ1v) is 11.9. The first-order chi connectivity index (χ1) is 13.9. The number of para-hydroxylation sites is 1. The summed E-state index contributed by atoms with van der Waals surface area (Å²) in [5.74, 6) is 0.0135. The summed E-state index contributed by atoms with van der Waals surface area (Å²) in [6, 6.07) is 12.4. The molecule has 8 heteroatoms. The fourth-order valence-corrected chi connectivity index (χ4v) is 5.35. The number of benzene rings is 2. The molecular formula is C21H24N2O4S2. The van der Waals surface area contributed by atoms with Crippen LogP contribution in [0.3, 0.4) is 0 Å². The molecule has 1 aromatic heterocycles. The van der Waals surface area contributed by atoms with Crippen LogP contribution >= 0.6 is 11.3 Å². The number of rotatable bonds is 7. The second-order valence-electron chi connectivity index (χ2n) is 6.73. The van der Waals surface area contributed by atoms with Gasteiger partial charge in [0.2, 0.25) is 5.91 Å². The summed E-state index contributed by atoms with van der Waals surface area (Å²) in [6.45, 7) is 4.63. The number of aromatic nitrogens is 1. The summed E-state index contributed by atoms with van der Waals surface area (Å²) in [5.41, 5.74) is 1.89. The monoisotopic (exact) mass is 432 g/mol. The molecule has 6 nitrogen and oxygen atoms in total. The number of amides is 1. The molecule has 29 heavy (non-hydrogen) atoms. The van der Waals surface area contributed by atoms with Gasteiger partial charge in [-0.05, 0) is 37.6 Å². The Morgan fingerprint density at radius 2 is 1.90 bits per heavy atom. The molecule has 0 aliphatic rings. The quantitative estimate of drug-likeness (QED) is 0.570. The highest BCUT2D eigenvalue weighted by Gasteiger charge is 2.17. The van der Waals surface area contributed by atoms with Crippen LogP contribution in [-0.4, -0.2) is 31.8 Å². The van der Waals surface area contributed by atoms with Gasteiger partial charge < -0.3 is 9.30 Å². The molecule has 0 spiro atoms. The average molecular weight is 433 g/mol. The number of ether oxygens (including phenoxy) is 1. The molecule has 0 saturated carbocycles. The number of aryl methyl sites for hydroxylation is 2. The third-order valence-electron chi connectivity index (χ3n) is 4.52. The zero-order chi connectivity index (χ0) is 21.0. The molecule has 3 aromatic rings. The normalized spacial score (nSPS) is 12.4. The van der Waals surface area contributed by atoms with Crippen molar-refractivity contribution in [2.45, 2.75) is 38.1 Å². The van der Waals surface area contributed by atoms with Gasteiger partial charge in [0.05, 0.1) is 22.5 Å². The van der Waals surface area contributed by atoms with E-state index < -0.39 is 15.7 Å². The van der Waals surface area contributed by atoms with Gasteiger partial charge in [-0.1, -0.05) is 42.0 Å². The van der Waals surface area contributed by atoms with Crippen LogP contribution in [0, 0.1) is 6.92 Å². The Bertz CT molecular complexity index is 1190. The third-order valence-corrected chi connectivity index (χ3v) is 7.29. The van der Waals surface area contributed by atoms with Gasteiger partial charge in [0.15, 0.2) is 14.6 Å². The molecule has 0 radical (unpaired) electrons. The van der Waals surface area contributed by atoms with Crippen molar-refractivity contribution in [1.29, 1.82) is 0 Å². The maximum absolute atomic E-state index is 12.5. The molecule has 0 N–H and O–H groups in total. The second-order valence-corrected chi connectivity index (χ2v) is 9.85. The Balaban J connectivity index is 1.88. The number of carbonyl (C=O) groups is 1. The van der Waals surface area contributed by atoms with E-state index in [1.807, 2.05) is 36.6 Å². The van der Waals surface area contributed by atoms with Crippen LogP contribution < -0.4 is 9.54 Å². The SMILES string of the molecule is CCCn1c(=NC(=O)CCS(=O)(=O)c2ccc(C)cc2)sc2cccc(OC)c21. The van der Waals surface area contributed by atoms with E-state index in [1.54, 1.807) is 31.4 Å². The van der Waals surface area contributed by atoms with Crippen molar-refractivity contribution in [1.82, 2.24) is 4.57 Å². The molecule has 154 valence electrons. The maximum Gasteiger partial charge on any atom is 0.249 e. The van der Waals surface area contributed by atoms with Crippen molar-refractivity contribution in [3.63, 3.8) is 0 Å². The second kappa shape index (κ2) is 8.92. The van der Waals surface area contributed by atoms with Crippen molar-refractivity contribution in [2.75, 3.05) is 12.9 Å². The highest BCUT2D eigenvalue weighted by Crippen LogP contribution is 2.27. The van der Waals surface area contributed by atoms with Gasteiger partial charge in [0.25, 0.3) is 0 Å². The molecule has 0 saturated heterocycles. The number of thiazole rings is 1. The number of carbonyl (C=O) groups excluding carboxylic acids is 1. The van der Waals surface area contributed by atoms with Crippen molar-refractivity contribution < 1.29 is 17.9 Å². The minimum atomic E-state index is -3.52. The molecule has 0 fully saturated rings. The molecule has 2 aromatic carbocycles. The summed E-state index contributed by atoms with van der Waals surface area (Å²) in [6.07, 6.45) is 0.709. The van der Waals surface area contributed by atoms with E-state index in [-0.39, 0.29) is 17.1 Å². The Hall–Kier alpha value is -2.45. The van der Waals surface area contributed by atoms with Crippen LogP contribution in [0.2, 0.25) is 0 Å². The largest absolute Gasteiger partial charge is 0.495 e. The Labute approximate surface area is 174 Å². The molecule has 1 heterocycles. The smallest absolute Gasteiger partial charge is 0.249 e. The van der Waals surface area contributed by atoms with Gasteiger partial charge in [0.1, 0.15) is 11.3 Å². The minimum Gasteiger partial charge on any atom is -0.495 e. The van der Waals surface area contributed by atoms with Crippen LogP contribution in [0.15, 0.2) is 52.4 Å². The minimum absolute atomic E-state index is 0.159. The standard InChI is InChI=1S/C21H24N2O4S2/c1-4-13-23-20-17(27-3)6-5-7-18(20)28-21(23)22-19(24)12-14-29(25,26)16-10-8-15(2)9-11-16/h5-11H,4,12-14H2,1-3H3. The van der Waals surface area contributed by atoms with Gasteiger partial charge in [-0.25, -0.2) is 8.42 Å². The van der Waals surface area contributed by atoms with E-state index in [0.717, 1.165) is 28.0 Å². The van der Waals surface area contributed by atoms with Crippen molar-refractivity contribution in [2.24, 2.45) is 4.99 Å². The van der Waals surface area contributed by atoms with Gasteiger partial charge in [0, 0.05) is 13.0 Å². The van der Waals surface area contributed by atoms with Crippen LogP contribution in [0.25, 0.3) is 10.2 Å². The van der Waals surface area contributed by atoms with Crippen molar-refractivity contribution >= 4 is 37.3 Å². The Morgan fingerprint density at radius 1 is 1.17 bits per heavy atom. The van der Waals surface area contributed by atoms with E-state index in [2.05, 4.69) is 4.99 Å². The van der Waals surface area contributed by atoms with E-state index >= 15 is 0 Å². The van der Waals surface area contributed by atoms with Gasteiger partial charge in [-0.2, -0.15) is 4.99 Å². The summed E-state index contributed by atoms with van der Waals surface area (Å²) < 4.78 is 33.4. The van der Waals surface area contributed by atoms with Crippen LogP contribution in [0.4, 0.5) is 0 Å². The van der Waals surface area contributed by atoms with E-state index in [0.29, 0.717) is 11.3 Å². The Morgan fingerprint density at radius 3 is 2.55 bits per heavy atom. The fourth-order valence-electron chi connectivity index (χ4n) is 3.03. The molecule has 0 aliphatic heterocycles. The predicted octanol–water partition coefficient (Wildman–Crippen LogP) is 3.72. The highest BCUT2D eigenvalue weighted by atomic mass is 32.2. The maximum atomic E-state index is 12.5. The Kier molecular flexibility index (Phi) is 6.54. The zero-order valence-electron chi connectivity index (χ0n) is 16.7. The third kappa shape index (κ3) is 4.76. The summed E-state index contributed by atoms with van der Waals surface area (Å²) in [4.78, 5) is 17.5. The lowest BCUT2D eigenvalue weighted by Crippen LogP contribution is -2.18. The fraction of sp³-hybridized carbons (Fsp3) is 0.333. The van der Waals surface area contributed by atoms with Gasteiger partial charge in [-0.3, -0.25) is 4.79 Å². The summed E-state index contributed by atoms with van der Waals surface area (Å²) in [5, 5.41) is 0. The molecule has 1 amide bonds. The van der Waals surface area contributed by atoms with Crippen molar-refractivity contribution in [3.8, 4) is 5.75 Å². The molecular weight excluding hydrogens is 408 g/mol.